The smallest absolute Gasteiger partial charge is 0.323 e. The largest absolute Gasteiger partial charge is 0.427 e. The Balaban J connectivity index is 2.35. The second-order valence-corrected chi connectivity index (χ2v) is 4.09. The Morgan fingerprint density at radius 2 is 1.80 bits per heavy atom. The highest BCUT2D eigenvalue weighted by Crippen LogP contribution is 2.27. The van der Waals surface area contributed by atoms with Gasteiger partial charge in [-0.25, -0.2) is 0 Å². The maximum Gasteiger partial charge on any atom is 0.323 e. The van der Waals surface area contributed by atoms with Crippen LogP contribution in [0.25, 0.3) is 0 Å². The summed E-state index contributed by atoms with van der Waals surface area (Å²) in [4.78, 5) is 22.7. The van der Waals surface area contributed by atoms with Gasteiger partial charge in [-0.2, -0.15) is 0 Å². The van der Waals surface area contributed by atoms with E-state index in [-0.39, 0.29) is 0 Å². The Labute approximate surface area is 94.0 Å². The zero-order valence-corrected chi connectivity index (χ0v) is 9.10. The summed E-state index contributed by atoms with van der Waals surface area (Å²) in [5, 5.41) is 9.05. The predicted octanol–water partition coefficient (Wildman–Crippen LogP) is 0.977. The van der Waals surface area contributed by atoms with Crippen molar-refractivity contribution in [2.75, 3.05) is 0 Å². The van der Waals surface area contributed by atoms with Crippen LogP contribution in [0.4, 0.5) is 0 Å². The van der Waals surface area contributed by atoms with E-state index in [9.17, 15) is 9.59 Å². The molecule has 0 amide bonds. The Kier molecular flexibility index (Phi) is 2.58. The minimum absolute atomic E-state index is 0.532. The minimum atomic E-state index is -1.62. The summed E-state index contributed by atoms with van der Waals surface area (Å²) in [5.74, 6) is -2.30. The highest BCUT2D eigenvalue weighted by molar-refractivity contribution is 9.10. The molecule has 1 aromatic carbocycles. The van der Waals surface area contributed by atoms with E-state index >= 15 is 0 Å². The zero-order valence-electron chi connectivity index (χ0n) is 7.51. The van der Waals surface area contributed by atoms with Crippen LogP contribution in [-0.4, -0.2) is 23.1 Å². The lowest BCUT2D eigenvalue weighted by Gasteiger charge is -2.03. The third-order valence-electron chi connectivity index (χ3n) is 2.19. The second kappa shape index (κ2) is 3.75. The van der Waals surface area contributed by atoms with Crippen molar-refractivity contribution >= 4 is 27.7 Å². The van der Waals surface area contributed by atoms with Gasteiger partial charge in [0.1, 0.15) is 5.92 Å². The lowest BCUT2D eigenvalue weighted by atomic mass is 9.97. The Hall–Kier alpha value is -1.20. The van der Waals surface area contributed by atoms with Gasteiger partial charge in [0.25, 0.3) is 6.29 Å². The third-order valence-corrected chi connectivity index (χ3v) is 2.72. The van der Waals surface area contributed by atoms with Gasteiger partial charge in [-0.1, -0.05) is 28.1 Å². The summed E-state index contributed by atoms with van der Waals surface area (Å²) < 4.78 is 5.28. The average Bonchev–Trinajstić information content (AvgIpc) is 2.44. The van der Waals surface area contributed by atoms with Gasteiger partial charge < -0.3 is 9.84 Å². The van der Waals surface area contributed by atoms with Crippen LogP contribution in [0.1, 0.15) is 11.5 Å². The summed E-state index contributed by atoms with van der Waals surface area (Å²) in [6.45, 7) is 0. The van der Waals surface area contributed by atoms with Crippen molar-refractivity contribution in [1.82, 2.24) is 0 Å². The molecule has 2 rings (SSSR count). The summed E-state index contributed by atoms with van der Waals surface area (Å²) in [6.07, 6.45) is -1.62. The molecule has 0 aromatic heterocycles. The van der Waals surface area contributed by atoms with E-state index in [0.29, 0.717) is 5.56 Å². The van der Waals surface area contributed by atoms with Crippen LogP contribution in [0.5, 0.6) is 0 Å². The van der Waals surface area contributed by atoms with Crippen molar-refractivity contribution in [1.29, 1.82) is 0 Å². The van der Waals surface area contributed by atoms with Gasteiger partial charge in [0.05, 0.1) is 0 Å². The highest BCUT2D eigenvalue weighted by atomic mass is 79.9. The number of hydrogen-bond acceptors (Lipinski definition) is 4. The van der Waals surface area contributed by atoms with E-state index < -0.39 is 24.0 Å². The van der Waals surface area contributed by atoms with Crippen LogP contribution < -0.4 is 0 Å². The number of hydrogen-bond donors (Lipinski definition) is 1. The first-order valence-electron chi connectivity index (χ1n) is 4.27. The van der Waals surface area contributed by atoms with Gasteiger partial charge in [-0.05, 0) is 17.7 Å². The van der Waals surface area contributed by atoms with Crippen molar-refractivity contribution in [3.05, 3.63) is 34.3 Å². The maximum atomic E-state index is 11.4. The quantitative estimate of drug-likeness (QED) is 0.610. The monoisotopic (exact) mass is 270 g/mol. The van der Waals surface area contributed by atoms with Crippen molar-refractivity contribution in [3.63, 3.8) is 0 Å². The van der Waals surface area contributed by atoms with Crippen LogP contribution in [-0.2, 0) is 14.3 Å². The lowest BCUT2D eigenvalue weighted by molar-refractivity contribution is -0.158. The molecule has 0 bridgehead atoms. The summed E-state index contributed by atoms with van der Waals surface area (Å²) >= 11 is 3.25. The average molecular weight is 271 g/mol. The first kappa shape index (κ1) is 10.3. The second-order valence-electron chi connectivity index (χ2n) is 3.18. The fourth-order valence-electron chi connectivity index (χ4n) is 1.45. The Bertz CT molecular complexity index is 412. The molecule has 1 heterocycles. The molecule has 1 N–H and O–H groups in total. The van der Waals surface area contributed by atoms with Gasteiger partial charge in [0, 0.05) is 4.47 Å². The van der Waals surface area contributed by atoms with Crippen LogP contribution in [0.15, 0.2) is 28.7 Å². The lowest BCUT2D eigenvalue weighted by Crippen LogP contribution is -2.18. The van der Waals surface area contributed by atoms with Gasteiger partial charge in [-0.3, -0.25) is 9.59 Å². The fourth-order valence-corrected chi connectivity index (χ4v) is 1.71. The van der Waals surface area contributed by atoms with E-state index in [2.05, 4.69) is 20.7 Å². The van der Waals surface area contributed by atoms with Crippen LogP contribution >= 0.6 is 15.9 Å². The van der Waals surface area contributed by atoms with Crippen molar-refractivity contribution in [3.8, 4) is 0 Å². The van der Waals surface area contributed by atoms with E-state index in [1.165, 1.54) is 0 Å². The number of rotatable bonds is 1. The normalized spacial score (nSPS) is 25.5. The number of carbonyl (C=O) groups is 2. The molecule has 78 valence electrons. The number of ketones is 1. The first-order chi connectivity index (χ1) is 7.09. The van der Waals surface area contributed by atoms with E-state index in [1.54, 1.807) is 24.3 Å². The SMILES string of the molecule is O=C1O[C@@H](O)C(=O)[C@@H]1c1ccc(Br)cc1. The number of esters is 1. The predicted molar refractivity (Wildman–Crippen MR) is 54.0 cm³/mol. The third kappa shape index (κ3) is 1.80. The summed E-state index contributed by atoms with van der Waals surface area (Å²) in [5.41, 5.74) is 0.532. The van der Waals surface area contributed by atoms with Crippen LogP contribution in [0.3, 0.4) is 0 Å². The molecule has 1 aliphatic rings. The Morgan fingerprint density at radius 3 is 2.27 bits per heavy atom. The number of Topliss-reactive ketones (excluding diaryl/α,β-unsaturated/α-hetero) is 1. The Morgan fingerprint density at radius 1 is 1.20 bits per heavy atom. The van der Waals surface area contributed by atoms with Gasteiger partial charge in [-0.15, -0.1) is 0 Å². The van der Waals surface area contributed by atoms with E-state index in [4.69, 9.17) is 5.11 Å². The first-order valence-corrected chi connectivity index (χ1v) is 5.06. The molecule has 15 heavy (non-hydrogen) atoms. The van der Waals surface area contributed by atoms with Crippen molar-refractivity contribution < 1.29 is 19.4 Å². The standard InChI is InChI=1S/C10H7BrO4/c11-6-3-1-5(2-4-6)7-8(12)10(14)15-9(7)13/h1-4,7,10,14H/t7-,10+/m0/s1. The molecule has 0 spiro atoms. The summed E-state index contributed by atoms with van der Waals surface area (Å²) in [6, 6.07) is 6.74. The van der Waals surface area contributed by atoms with Crippen molar-refractivity contribution in [2.24, 2.45) is 0 Å². The van der Waals surface area contributed by atoms with Gasteiger partial charge in [0.2, 0.25) is 5.78 Å². The number of aliphatic hydroxyl groups is 1. The molecule has 2 atom stereocenters. The molecule has 1 fully saturated rings. The number of carbonyl (C=O) groups excluding carboxylic acids is 2. The zero-order chi connectivity index (χ0) is 11.0. The van der Waals surface area contributed by atoms with E-state index in [0.717, 1.165) is 4.47 Å². The van der Waals surface area contributed by atoms with Gasteiger partial charge in [0.15, 0.2) is 0 Å². The molecule has 1 aliphatic heterocycles. The minimum Gasteiger partial charge on any atom is -0.427 e. The van der Waals surface area contributed by atoms with E-state index in [1.807, 2.05) is 0 Å². The molecular weight excluding hydrogens is 264 g/mol. The summed E-state index contributed by atoms with van der Waals surface area (Å²) in [7, 11) is 0. The molecule has 0 aliphatic carbocycles. The number of halogens is 1. The molecule has 1 aromatic rings. The van der Waals surface area contributed by atoms with Crippen LogP contribution in [0, 0.1) is 0 Å². The number of ether oxygens (including phenoxy) is 1. The maximum absolute atomic E-state index is 11.4. The molecule has 0 radical (unpaired) electrons. The molecule has 1 saturated heterocycles. The molecule has 4 nitrogen and oxygen atoms in total. The van der Waals surface area contributed by atoms with Crippen molar-refractivity contribution in [2.45, 2.75) is 12.2 Å². The highest BCUT2D eigenvalue weighted by Gasteiger charge is 2.43. The van der Waals surface area contributed by atoms with Crippen LogP contribution in [0.2, 0.25) is 0 Å². The number of benzene rings is 1. The fraction of sp³-hybridized carbons (Fsp3) is 0.200. The molecule has 0 saturated carbocycles. The number of cyclic esters (lactones) is 1. The molecule has 5 heteroatoms. The topological polar surface area (TPSA) is 63.6 Å². The number of aliphatic hydroxyl groups excluding tert-OH is 1. The molecule has 0 unspecified atom stereocenters. The molecular formula is C10H7BrO4. The van der Waals surface area contributed by atoms with Gasteiger partial charge >= 0.3 is 5.97 Å².